The van der Waals surface area contributed by atoms with Gasteiger partial charge in [-0.15, -0.1) is 24.0 Å². The van der Waals surface area contributed by atoms with Crippen LogP contribution in [0.15, 0.2) is 59.6 Å². The number of guanidine groups is 1. The van der Waals surface area contributed by atoms with Crippen molar-refractivity contribution in [3.8, 4) is 5.75 Å². The smallest absolute Gasteiger partial charge is 0.191 e. The van der Waals surface area contributed by atoms with Gasteiger partial charge in [0.25, 0.3) is 0 Å². The Labute approximate surface area is 216 Å². The number of aliphatic imine (C=N–C) groups is 1. The lowest BCUT2D eigenvalue weighted by molar-refractivity contribution is 0.198. The highest BCUT2D eigenvalue weighted by Gasteiger charge is 2.20. The molecule has 0 spiro atoms. The third-order valence-electron chi connectivity index (χ3n) is 5.80. The minimum Gasteiger partial charge on any atom is -0.494 e. The van der Waals surface area contributed by atoms with Gasteiger partial charge in [0.2, 0.25) is 0 Å². The summed E-state index contributed by atoms with van der Waals surface area (Å²) < 4.78 is 5.82. The van der Waals surface area contributed by atoms with E-state index in [0.29, 0.717) is 6.04 Å². The Morgan fingerprint density at radius 1 is 1.03 bits per heavy atom. The molecule has 2 aromatic rings. The van der Waals surface area contributed by atoms with Gasteiger partial charge in [0.15, 0.2) is 5.96 Å². The molecule has 0 radical (unpaired) electrons. The first-order valence-electron chi connectivity index (χ1n) is 11.7. The van der Waals surface area contributed by atoms with E-state index in [0.717, 1.165) is 70.3 Å². The first-order valence-corrected chi connectivity index (χ1v) is 11.7. The number of rotatable bonds is 10. The van der Waals surface area contributed by atoms with Crippen molar-refractivity contribution in [2.24, 2.45) is 4.99 Å². The van der Waals surface area contributed by atoms with Crippen LogP contribution in [-0.4, -0.2) is 69.2 Å². The summed E-state index contributed by atoms with van der Waals surface area (Å²) in [6.45, 7) is 5.79. The zero-order chi connectivity index (χ0) is 22.6. The van der Waals surface area contributed by atoms with Crippen LogP contribution in [-0.2, 0) is 13.1 Å². The molecule has 2 N–H and O–H groups in total. The molecule has 0 unspecified atom stereocenters. The molecule has 3 rings (SSSR count). The van der Waals surface area contributed by atoms with Crippen LogP contribution in [0, 0.1) is 0 Å². The average Bonchev–Trinajstić information content (AvgIpc) is 2.82. The van der Waals surface area contributed by atoms with Crippen LogP contribution >= 0.6 is 24.0 Å². The Bertz CT molecular complexity index is 805. The summed E-state index contributed by atoms with van der Waals surface area (Å²) in [6.07, 6.45) is 3.30. The van der Waals surface area contributed by atoms with E-state index in [2.05, 4.69) is 82.0 Å². The van der Waals surface area contributed by atoms with Gasteiger partial charge in [-0.3, -0.25) is 9.89 Å². The number of halogens is 1. The van der Waals surface area contributed by atoms with Crippen molar-refractivity contribution in [1.29, 1.82) is 0 Å². The highest BCUT2D eigenvalue weighted by atomic mass is 127. The zero-order valence-electron chi connectivity index (χ0n) is 20.3. The third kappa shape index (κ3) is 10.3. The van der Waals surface area contributed by atoms with E-state index in [1.807, 2.05) is 19.2 Å². The maximum absolute atomic E-state index is 5.82. The van der Waals surface area contributed by atoms with Crippen molar-refractivity contribution in [2.75, 3.05) is 47.4 Å². The second kappa shape index (κ2) is 15.1. The highest BCUT2D eigenvalue weighted by molar-refractivity contribution is 14.0. The molecule has 6 nitrogen and oxygen atoms in total. The molecule has 0 aliphatic carbocycles. The predicted molar refractivity (Wildman–Crippen MR) is 149 cm³/mol. The van der Waals surface area contributed by atoms with Crippen molar-refractivity contribution < 1.29 is 4.74 Å². The largest absolute Gasteiger partial charge is 0.494 e. The van der Waals surface area contributed by atoms with Crippen molar-refractivity contribution in [3.63, 3.8) is 0 Å². The second-order valence-corrected chi connectivity index (χ2v) is 8.76. The van der Waals surface area contributed by atoms with E-state index >= 15 is 0 Å². The topological polar surface area (TPSA) is 52.1 Å². The van der Waals surface area contributed by atoms with Crippen LogP contribution in [0.3, 0.4) is 0 Å². The molecule has 0 atom stereocenters. The number of hydrogen-bond acceptors (Lipinski definition) is 4. The van der Waals surface area contributed by atoms with E-state index < -0.39 is 0 Å². The number of likely N-dealkylation sites (tertiary alicyclic amines) is 1. The molecule has 0 aromatic heterocycles. The van der Waals surface area contributed by atoms with Crippen molar-refractivity contribution >= 4 is 29.9 Å². The maximum atomic E-state index is 5.82. The van der Waals surface area contributed by atoms with Crippen molar-refractivity contribution in [2.45, 2.75) is 38.4 Å². The quantitative estimate of drug-likeness (QED) is 0.198. The van der Waals surface area contributed by atoms with E-state index in [9.17, 15) is 0 Å². The Hall–Kier alpha value is -1.84. The normalized spacial score (nSPS) is 15.2. The fraction of sp³-hybridized carbons (Fsp3) is 0.500. The first-order chi connectivity index (χ1) is 15.6. The van der Waals surface area contributed by atoms with Gasteiger partial charge in [-0.1, -0.05) is 42.5 Å². The standard InChI is InChI=1S/C26H39N5O.HI/c1-27-26(28-20-22-10-12-25(13-11-22)32-19-7-16-30(2)3)29-24-14-17-31(18-15-24)21-23-8-5-4-6-9-23;/h4-6,8-13,24H,7,14-21H2,1-3H3,(H2,27,28,29);1H. The molecule has 1 fully saturated rings. The van der Waals surface area contributed by atoms with Gasteiger partial charge in [-0.05, 0) is 56.6 Å². The van der Waals surface area contributed by atoms with Gasteiger partial charge in [0.05, 0.1) is 6.61 Å². The molecule has 1 saturated heterocycles. The summed E-state index contributed by atoms with van der Waals surface area (Å²) in [5.41, 5.74) is 2.60. The lowest BCUT2D eigenvalue weighted by Crippen LogP contribution is -2.48. The summed E-state index contributed by atoms with van der Waals surface area (Å²) in [6, 6.07) is 19.5. The van der Waals surface area contributed by atoms with Gasteiger partial charge in [0, 0.05) is 45.8 Å². The summed E-state index contributed by atoms with van der Waals surface area (Å²) in [5.74, 6) is 1.80. The Morgan fingerprint density at radius 3 is 2.36 bits per heavy atom. The van der Waals surface area contributed by atoms with Gasteiger partial charge in [-0.25, -0.2) is 0 Å². The lowest BCUT2D eigenvalue weighted by Gasteiger charge is -2.33. The molecule has 2 aromatic carbocycles. The van der Waals surface area contributed by atoms with Crippen LogP contribution in [0.25, 0.3) is 0 Å². The molecule has 7 heteroatoms. The number of benzene rings is 2. The highest BCUT2D eigenvalue weighted by Crippen LogP contribution is 2.14. The van der Waals surface area contributed by atoms with E-state index in [1.165, 1.54) is 11.1 Å². The van der Waals surface area contributed by atoms with Crippen molar-refractivity contribution in [3.05, 3.63) is 65.7 Å². The summed E-state index contributed by atoms with van der Waals surface area (Å²) in [7, 11) is 6.00. The minimum atomic E-state index is 0. The third-order valence-corrected chi connectivity index (χ3v) is 5.80. The minimum absolute atomic E-state index is 0. The van der Waals surface area contributed by atoms with Gasteiger partial charge in [0.1, 0.15) is 5.75 Å². The number of piperidine rings is 1. The lowest BCUT2D eigenvalue weighted by atomic mass is 10.0. The fourth-order valence-corrected chi connectivity index (χ4v) is 3.93. The number of hydrogen-bond donors (Lipinski definition) is 2. The first kappa shape index (κ1) is 27.4. The SMILES string of the molecule is CN=C(NCc1ccc(OCCCN(C)C)cc1)NC1CCN(Cc2ccccc2)CC1.I. The van der Waals surface area contributed by atoms with Crippen molar-refractivity contribution in [1.82, 2.24) is 20.4 Å². The van der Waals surface area contributed by atoms with Gasteiger partial charge in [-0.2, -0.15) is 0 Å². The van der Waals surface area contributed by atoms with E-state index in [4.69, 9.17) is 4.74 Å². The summed E-state index contributed by atoms with van der Waals surface area (Å²) in [5, 5.41) is 7.05. The van der Waals surface area contributed by atoms with Crippen LogP contribution in [0.2, 0.25) is 0 Å². The molecule has 1 heterocycles. The van der Waals surface area contributed by atoms with E-state index in [1.54, 1.807) is 0 Å². The molecule has 0 saturated carbocycles. The molecule has 1 aliphatic heterocycles. The Balaban J connectivity index is 0.00000385. The molecule has 0 amide bonds. The second-order valence-electron chi connectivity index (χ2n) is 8.76. The number of nitrogens with zero attached hydrogens (tertiary/aromatic N) is 3. The summed E-state index contributed by atoms with van der Waals surface area (Å²) in [4.78, 5) is 9.13. The summed E-state index contributed by atoms with van der Waals surface area (Å²) >= 11 is 0. The van der Waals surface area contributed by atoms with Gasteiger partial charge < -0.3 is 20.3 Å². The monoisotopic (exact) mass is 565 g/mol. The molecular weight excluding hydrogens is 525 g/mol. The Morgan fingerprint density at radius 2 is 1.73 bits per heavy atom. The van der Waals surface area contributed by atoms with E-state index in [-0.39, 0.29) is 24.0 Å². The maximum Gasteiger partial charge on any atom is 0.191 e. The zero-order valence-corrected chi connectivity index (χ0v) is 22.6. The van der Waals surface area contributed by atoms with Crippen LogP contribution in [0.1, 0.15) is 30.4 Å². The fourth-order valence-electron chi connectivity index (χ4n) is 3.93. The molecule has 0 bridgehead atoms. The number of nitrogens with one attached hydrogen (secondary N) is 2. The van der Waals surface area contributed by atoms with Crippen LogP contribution in [0.5, 0.6) is 5.75 Å². The predicted octanol–water partition coefficient (Wildman–Crippen LogP) is 3.96. The molecular formula is C26H40IN5O. The van der Waals surface area contributed by atoms with Crippen LogP contribution < -0.4 is 15.4 Å². The average molecular weight is 566 g/mol. The van der Waals surface area contributed by atoms with Crippen LogP contribution in [0.4, 0.5) is 0 Å². The number of ether oxygens (including phenoxy) is 1. The van der Waals surface area contributed by atoms with Gasteiger partial charge >= 0.3 is 0 Å². The molecule has 33 heavy (non-hydrogen) atoms. The molecule has 182 valence electrons. The Kier molecular flexibility index (Phi) is 12.6. The molecule has 1 aliphatic rings.